The van der Waals surface area contributed by atoms with Gasteiger partial charge < -0.3 is 24.3 Å². The summed E-state index contributed by atoms with van der Waals surface area (Å²) in [5.74, 6) is 1.08. The molecule has 0 radical (unpaired) electrons. The topological polar surface area (TPSA) is 72.8 Å². The number of hydrogen-bond donors (Lipinski definition) is 1. The van der Waals surface area contributed by atoms with Crippen molar-refractivity contribution in [1.29, 1.82) is 0 Å². The van der Waals surface area contributed by atoms with Crippen LogP contribution in [0.5, 0.6) is 11.5 Å². The van der Waals surface area contributed by atoms with Crippen LogP contribution in [0.4, 0.5) is 0 Å². The highest BCUT2D eigenvalue weighted by molar-refractivity contribution is 6.07. The van der Waals surface area contributed by atoms with E-state index in [1.807, 2.05) is 84.4 Å². The zero-order valence-corrected chi connectivity index (χ0v) is 19.9. The fourth-order valence-corrected chi connectivity index (χ4v) is 4.86. The summed E-state index contributed by atoms with van der Waals surface area (Å²) in [5.41, 5.74) is 4.39. The van der Waals surface area contributed by atoms with E-state index in [4.69, 9.17) is 9.47 Å². The number of rotatable bonds is 7. The monoisotopic (exact) mass is 469 g/mol. The maximum absolute atomic E-state index is 13.7. The van der Waals surface area contributed by atoms with Gasteiger partial charge in [0.1, 0.15) is 23.7 Å². The summed E-state index contributed by atoms with van der Waals surface area (Å²) in [4.78, 5) is 28.3. The Kier molecular flexibility index (Phi) is 5.91. The second-order valence-electron chi connectivity index (χ2n) is 8.58. The molecule has 0 saturated heterocycles. The van der Waals surface area contributed by atoms with Crippen LogP contribution in [-0.4, -0.2) is 42.0 Å². The van der Waals surface area contributed by atoms with Crippen molar-refractivity contribution in [2.24, 2.45) is 7.05 Å². The molecule has 1 aliphatic heterocycles. The number of amides is 2. The Morgan fingerprint density at radius 3 is 2.43 bits per heavy atom. The van der Waals surface area contributed by atoms with Crippen molar-refractivity contribution >= 4 is 22.7 Å². The maximum atomic E-state index is 13.7. The van der Waals surface area contributed by atoms with Crippen molar-refractivity contribution in [2.45, 2.75) is 12.6 Å². The van der Waals surface area contributed by atoms with Crippen LogP contribution in [0.25, 0.3) is 10.9 Å². The molecule has 0 aliphatic carbocycles. The third-order valence-corrected chi connectivity index (χ3v) is 6.56. The smallest absolute Gasteiger partial charge is 0.272 e. The molecule has 2 heterocycles. The lowest BCUT2D eigenvalue weighted by atomic mass is 9.98. The first-order valence-corrected chi connectivity index (χ1v) is 11.4. The molecular weight excluding hydrogens is 442 g/mol. The van der Waals surface area contributed by atoms with Gasteiger partial charge in [-0.05, 0) is 41.5 Å². The van der Waals surface area contributed by atoms with Gasteiger partial charge in [-0.3, -0.25) is 9.59 Å². The highest BCUT2D eigenvalue weighted by atomic mass is 16.5. The van der Waals surface area contributed by atoms with Gasteiger partial charge in [0.25, 0.3) is 5.91 Å². The molecule has 1 atom stereocenters. The fourth-order valence-electron chi connectivity index (χ4n) is 4.86. The van der Waals surface area contributed by atoms with Crippen molar-refractivity contribution < 1.29 is 19.1 Å². The minimum Gasteiger partial charge on any atom is -0.497 e. The minimum atomic E-state index is -0.378. The number of fused-ring (bicyclic) bond motifs is 3. The molecule has 35 heavy (non-hydrogen) atoms. The molecule has 1 N–H and O–H groups in total. The first-order valence-electron chi connectivity index (χ1n) is 11.4. The predicted octanol–water partition coefficient (Wildman–Crippen LogP) is 4.06. The van der Waals surface area contributed by atoms with Crippen LogP contribution in [0.1, 0.15) is 33.2 Å². The number of carbonyl (C=O) groups is 2. The first-order chi connectivity index (χ1) is 17.0. The number of aromatic nitrogens is 1. The summed E-state index contributed by atoms with van der Waals surface area (Å²) in [6.07, 6.45) is 0. The molecule has 5 rings (SSSR count). The second kappa shape index (κ2) is 9.18. The number of ether oxygens (including phenoxy) is 2. The van der Waals surface area contributed by atoms with Crippen molar-refractivity contribution in [3.05, 3.63) is 95.2 Å². The maximum Gasteiger partial charge on any atom is 0.272 e. The second-order valence-corrected chi connectivity index (χ2v) is 8.58. The molecule has 178 valence electrons. The van der Waals surface area contributed by atoms with Gasteiger partial charge in [0.05, 0.1) is 20.3 Å². The Morgan fingerprint density at radius 2 is 1.69 bits per heavy atom. The summed E-state index contributed by atoms with van der Waals surface area (Å²) in [6, 6.07) is 22.8. The van der Waals surface area contributed by atoms with E-state index in [0.717, 1.165) is 39.1 Å². The number of nitrogens with one attached hydrogen (secondary N) is 1. The summed E-state index contributed by atoms with van der Waals surface area (Å²) in [5, 5.41) is 3.96. The highest BCUT2D eigenvalue weighted by Crippen LogP contribution is 2.43. The Morgan fingerprint density at radius 1 is 0.943 bits per heavy atom. The van der Waals surface area contributed by atoms with E-state index in [1.54, 1.807) is 19.1 Å². The van der Waals surface area contributed by atoms with Crippen LogP contribution in [0.2, 0.25) is 0 Å². The molecule has 7 heteroatoms. The van der Waals surface area contributed by atoms with Gasteiger partial charge in [-0.15, -0.1) is 0 Å². The number of para-hydroxylation sites is 1. The summed E-state index contributed by atoms with van der Waals surface area (Å²) >= 11 is 0. The molecule has 2 amide bonds. The van der Waals surface area contributed by atoms with Gasteiger partial charge in [-0.2, -0.15) is 0 Å². The van der Waals surface area contributed by atoms with Crippen molar-refractivity contribution in [2.75, 3.05) is 20.8 Å². The SMILES string of the molecule is COc1ccc([C@@H]2c3c(n(C)c4ccccc34)C(=O)N2CC(=O)NCc2cccc(OC)c2)cc1. The number of benzene rings is 3. The number of methoxy groups -OCH3 is 2. The van der Waals surface area contributed by atoms with Gasteiger partial charge in [-0.1, -0.05) is 42.5 Å². The van der Waals surface area contributed by atoms with E-state index in [1.165, 1.54) is 0 Å². The lowest BCUT2D eigenvalue weighted by molar-refractivity contribution is -0.122. The molecule has 0 fully saturated rings. The summed E-state index contributed by atoms with van der Waals surface area (Å²) in [6.45, 7) is 0.295. The van der Waals surface area contributed by atoms with E-state index >= 15 is 0 Å². The first kappa shape index (κ1) is 22.5. The Labute approximate surface area is 203 Å². The predicted molar refractivity (Wildman–Crippen MR) is 134 cm³/mol. The van der Waals surface area contributed by atoms with Crippen molar-refractivity contribution in [3.63, 3.8) is 0 Å². The van der Waals surface area contributed by atoms with Crippen LogP contribution in [-0.2, 0) is 18.4 Å². The van der Waals surface area contributed by atoms with Crippen LogP contribution in [0.3, 0.4) is 0 Å². The zero-order valence-electron chi connectivity index (χ0n) is 19.9. The highest BCUT2D eigenvalue weighted by Gasteiger charge is 2.42. The third kappa shape index (κ3) is 3.99. The summed E-state index contributed by atoms with van der Waals surface area (Å²) in [7, 11) is 5.13. The van der Waals surface area contributed by atoms with E-state index < -0.39 is 0 Å². The molecule has 1 aromatic heterocycles. The van der Waals surface area contributed by atoms with Crippen molar-refractivity contribution in [1.82, 2.24) is 14.8 Å². The minimum absolute atomic E-state index is 0.0531. The number of aryl methyl sites for hydroxylation is 1. The van der Waals surface area contributed by atoms with Gasteiger partial charge in [0, 0.05) is 30.1 Å². The lowest BCUT2D eigenvalue weighted by Gasteiger charge is -2.26. The largest absolute Gasteiger partial charge is 0.497 e. The van der Waals surface area contributed by atoms with Gasteiger partial charge in [0.15, 0.2) is 0 Å². The zero-order chi connectivity index (χ0) is 24.5. The van der Waals surface area contributed by atoms with Gasteiger partial charge in [-0.25, -0.2) is 0 Å². The lowest BCUT2D eigenvalue weighted by Crippen LogP contribution is -2.39. The van der Waals surface area contributed by atoms with E-state index in [-0.39, 0.29) is 24.4 Å². The Balaban J connectivity index is 1.47. The number of carbonyl (C=O) groups excluding carboxylic acids is 2. The van der Waals surface area contributed by atoms with Crippen LogP contribution in [0, 0.1) is 0 Å². The Hall–Kier alpha value is -4.26. The van der Waals surface area contributed by atoms with Crippen LogP contribution < -0.4 is 14.8 Å². The van der Waals surface area contributed by atoms with Crippen LogP contribution in [0.15, 0.2) is 72.8 Å². The fraction of sp³-hybridized carbons (Fsp3) is 0.214. The van der Waals surface area contributed by atoms with E-state index in [2.05, 4.69) is 5.32 Å². The average Bonchev–Trinajstić information content (AvgIpc) is 3.35. The number of hydrogen-bond acceptors (Lipinski definition) is 4. The molecule has 0 spiro atoms. The molecule has 0 unspecified atom stereocenters. The normalized spacial score (nSPS) is 14.8. The molecular formula is C28H27N3O4. The number of nitrogens with zero attached hydrogens (tertiary/aromatic N) is 2. The average molecular weight is 470 g/mol. The van der Waals surface area contributed by atoms with Gasteiger partial charge in [0.2, 0.25) is 5.91 Å². The van der Waals surface area contributed by atoms with Gasteiger partial charge >= 0.3 is 0 Å². The van der Waals surface area contributed by atoms with E-state index in [0.29, 0.717) is 12.2 Å². The summed E-state index contributed by atoms with van der Waals surface area (Å²) < 4.78 is 12.5. The van der Waals surface area contributed by atoms with Crippen molar-refractivity contribution in [3.8, 4) is 11.5 Å². The molecule has 0 bridgehead atoms. The molecule has 7 nitrogen and oxygen atoms in total. The molecule has 1 aliphatic rings. The molecule has 0 saturated carbocycles. The third-order valence-electron chi connectivity index (χ3n) is 6.56. The van der Waals surface area contributed by atoms with Crippen LogP contribution >= 0.6 is 0 Å². The quantitative estimate of drug-likeness (QED) is 0.443. The van der Waals surface area contributed by atoms with E-state index in [9.17, 15) is 9.59 Å². The Bertz CT molecular complexity index is 1410. The molecule has 3 aromatic carbocycles. The molecule has 4 aromatic rings. The standard InChI is InChI=1S/C28H27N3O4/c1-30-23-10-5-4-9-22(23)25-26(19-11-13-20(34-2)14-12-19)31(28(33)27(25)30)17-24(32)29-16-18-7-6-8-21(15-18)35-3/h4-15,26H,16-17H2,1-3H3,(H,29,32)/t26-/m1/s1.